The highest BCUT2D eigenvalue weighted by Gasteiger charge is 2.41. The molecule has 1 amide bonds. The Balaban J connectivity index is 1.94. The quantitative estimate of drug-likeness (QED) is 0.744. The molecule has 2 nitrogen and oxygen atoms in total. The van der Waals surface area contributed by atoms with Crippen molar-refractivity contribution in [3.63, 3.8) is 0 Å². The Morgan fingerprint density at radius 1 is 1.53 bits per heavy atom. The van der Waals surface area contributed by atoms with Crippen LogP contribution in [0.5, 0.6) is 0 Å². The molecule has 2 atom stereocenters. The molecule has 1 heterocycles. The third-order valence-electron chi connectivity index (χ3n) is 4.04. The van der Waals surface area contributed by atoms with Crippen LogP contribution in [0.3, 0.4) is 0 Å². The summed E-state index contributed by atoms with van der Waals surface area (Å²) in [6, 6.07) is 0. The van der Waals surface area contributed by atoms with E-state index >= 15 is 0 Å². The van der Waals surface area contributed by atoms with Crippen molar-refractivity contribution in [1.82, 2.24) is 5.32 Å². The van der Waals surface area contributed by atoms with Gasteiger partial charge in [0.15, 0.2) is 0 Å². The van der Waals surface area contributed by atoms with Crippen molar-refractivity contribution < 1.29 is 4.79 Å². The maximum absolute atomic E-state index is 11.3. The standard InChI is InChI=1S/C13H23NO/c1-10(2)6-11-4-3-5-13(7-11)8-12(15)14-9-13/h10-11H,3-9H2,1-2H3,(H,14,15). The molecule has 1 saturated heterocycles. The van der Waals surface area contributed by atoms with Crippen LogP contribution in [0.2, 0.25) is 0 Å². The van der Waals surface area contributed by atoms with Gasteiger partial charge < -0.3 is 5.32 Å². The Hall–Kier alpha value is -0.530. The number of rotatable bonds is 2. The first-order valence-electron chi connectivity index (χ1n) is 6.36. The molecule has 1 saturated carbocycles. The Morgan fingerprint density at radius 3 is 2.93 bits per heavy atom. The van der Waals surface area contributed by atoms with Gasteiger partial charge >= 0.3 is 0 Å². The molecule has 2 heteroatoms. The van der Waals surface area contributed by atoms with Crippen LogP contribution in [0.1, 0.15) is 52.4 Å². The van der Waals surface area contributed by atoms with E-state index in [1.54, 1.807) is 0 Å². The maximum Gasteiger partial charge on any atom is 0.220 e. The zero-order valence-electron chi connectivity index (χ0n) is 10.0. The highest BCUT2D eigenvalue weighted by atomic mass is 16.1. The third kappa shape index (κ3) is 2.53. The average molecular weight is 209 g/mol. The number of hydrogen-bond donors (Lipinski definition) is 1. The van der Waals surface area contributed by atoms with Gasteiger partial charge in [0, 0.05) is 13.0 Å². The lowest BCUT2D eigenvalue weighted by atomic mass is 9.67. The molecule has 0 aromatic heterocycles. The summed E-state index contributed by atoms with van der Waals surface area (Å²) in [7, 11) is 0. The maximum atomic E-state index is 11.3. The molecule has 1 aliphatic heterocycles. The highest BCUT2D eigenvalue weighted by Crippen LogP contribution is 2.45. The van der Waals surface area contributed by atoms with Crippen molar-refractivity contribution >= 4 is 5.91 Å². The van der Waals surface area contributed by atoms with Crippen LogP contribution in [0.25, 0.3) is 0 Å². The number of amides is 1. The normalized spacial score (nSPS) is 36.2. The Morgan fingerprint density at radius 2 is 2.33 bits per heavy atom. The van der Waals surface area contributed by atoms with Crippen molar-refractivity contribution in [2.45, 2.75) is 52.4 Å². The van der Waals surface area contributed by atoms with E-state index in [9.17, 15) is 4.79 Å². The van der Waals surface area contributed by atoms with Gasteiger partial charge in [-0.1, -0.05) is 26.7 Å². The van der Waals surface area contributed by atoms with Gasteiger partial charge in [0.2, 0.25) is 5.91 Å². The van der Waals surface area contributed by atoms with Crippen LogP contribution in [0.15, 0.2) is 0 Å². The van der Waals surface area contributed by atoms with Gasteiger partial charge in [-0.05, 0) is 36.5 Å². The minimum absolute atomic E-state index is 0.278. The van der Waals surface area contributed by atoms with Crippen LogP contribution in [0.4, 0.5) is 0 Å². The summed E-state index contributed by atoms with van der Waals surface area (Å²) in [5.74, 6) is 1.95. The highest BCUT2D eigenvalue weighted by molar-refractivity contribution is 5.79. The van der Waals surface area contributed by atoms with E-state index in [4.69, 9.17) is 0 Å². The van der Waals surface area contributed by atoms with Crippen LogP contribution >= 0.6 is 0 Å². The van der Waals surface area contributed by atoms with Crippen molar-refractivity contribution in [2.75, 3.05) is 6.54 Å². The molecule has 2 rings (SSSR count). The van der Waals surface area contributed by atoms with Crippen LogP contribution in [-0.2, 0) is 4.79 Å². The van der Waals surface area contributed by atoms with Crippen LogP contribution < -0.4 is 5.32 Å². The Kier molecular flexibility index (Phi) is 3.03. The first-order chi connectivity index (χ1) is 7.10. The van der Waals surface area contributed by atoms with Crippen molar-refractivity contribution in [3.8, 4) is 0 Å². The molecule has 1 N–H and O–H groups in total. The van der Waals surface area contributed by atoms with Gasteiger partial charge in [-0.15, -0.1) is 0 Å². The fourth-order valence-electron chi connectivity index (χ4n) is 3.52. The van der Waals surface area contributed by atoms with Gasteiger partial charge in [-0.2, -0.15) is 0 Å². The average Bonchev–Trinajstić information content (AvgIpc) is 2.46. The second-order valence-electron chi connectivity index (χ2n) is 6.05. The van der Waals surface area contributed by atoms with E-state index in [0.29, 0.717) is 5.41 Å². The van der Waals surface area contributed by atoms with Crippen molar-refractivity contribution in [3.05, 3.63) is 0 Å². The molecule has 86 valence electrons. The second kappa shape index (κ2) is 4.15. The first kappa shape index (κ1) is 11.0. The molecule has 1 spiro atoms. The molecular weight excluding hydrogens is 186 g/mol. The lowest BCUT2D eigenvalue weighted by molar-refractivity contribution is -0.119. The van der Waals surface area contributed by atoms with Crippen molar-refractivity contribution in [1.29, 1.82) is 0 Å². The Labute approximate surface area is 92.8 Å². The van der Waals surface area contributed by atoms with E-state index in [1.807, 2.05) is 0 Å². The molecular formula is C13H23NO. The predicted octanol–water partition coefficient (Wildman–Crippen LogP) is 2.73. The molecule has 2 unspecified atom stereocenters. The molecule has 0 aromatic carbocycles. The monoisotopic (exact) mass is 209 g/mol. The minimum Gasteiger partial charge on any atom is -0.356 e. The summed E-state index contributed by atoms with van der Waals surface area (Å²) in [6.45, 7) is 5.55. The molecule has 2 aliphatic rings. The smallest absolute Gasteiger partial charge is 0.220 e. The van der Waals surface area contributed by atoms with Gasteiger partial charge in [0.1, 0.15) is 0 Å². The summed E-state index contributed by atoms with van der Waals surface area (Å²) < 4.78 is 0. The number of nitrogens with one attached hydrogen (secondary N) is 1. The fraction of sp³-hybridized carbons (Fsp3) is 0.923. The molecule has 0 radical (unpaired) electrons. The van der Waals surface area contributed by atoms with E-state index < -0.39 is 0 Å². The van der Waals surface area contributed by atoms with E-state index in [2.05, 4.69) is 19.2 Å². The summed E-state index contributed by atoms with van der Waals surface area (Å²) in [6.07, 6.45) is 7.39. The van der Waals surface area contributed by atoms with E-state index in [1.165, 1.54) is 32.1 Å². The zero-order chi connectivity index (χ0) is 10.9. The summed E-state index contributed by atoms with van der Waals surface area (Å²) in [5.41, 5.74) is 0.342. The first-order valence-corrected chi connectivity index (χ1v) is 6.36. The van der Waals surface area contributed by atoms with Gasteiger partial charge in [0.05, 0.1) is 0 Å². The lowest BCUT2D eigenvalue weighted by Crippen LogP contribution is -2.31. The number of hydrogen-bond acceptors (Lipinski definition) is 1. The van der Waals surface area contributed by atoms with Crippen LogP contribution in [0, 0.1) is 17.3 Å². The SMILES string of the molecule is CC(C)CC1CCCC2(CNC(=O)C2)C1. The number of carbonyl (C=O) groups is 1. The molecule has 2 fully saturated rings. The summed E-state index contributed by atoms with van der Waals surface area (Å²) >= 11 is 0. The summed E-state index contributed by atoms with van der Waals surface area (Å²) in [5, 5.41) is 3.01. The van der Waals surface area contributed by atoms with E-state index in [-0.39, 0.29) is 5.91 Å². The Bertz CT molecular complexity index is 249. The van der Waals surface area contributed by atoms with Crippen molar-refractivity contribution in [2.24, 2.45) is 17.3 Å². The zero-order valence-corrected chi connectivity index (χ0v) is 10.0. The summed E-state index contributed by atoms with van der Waals surface area (Å²) in [4.78, 5) is 11.3. The van der Waals surface area contributed by atoms with E-state index in [0.717, 1.165) is 24.8 Å². The predicted molar refractivity (Wildman–Crippen MR) is 61.5 cm³/mol. The molecule has 1 aliphatic carbocycles. The van der Waals surface area contributed by atoms with Gasteiger partial charge in [-0.3, -0.25) is 4.79 Å². The topological polar surface area (TPSA) is 29.1 Å². The molecule has 0 bridgehead atoms. The number of carbonyl (C=O) groups excluding carboxylic acids is 1. The van der Waals surface area contributed by atoms with Crippen LogP contribution in [-0.4, -0.2) is 12.5 Å². The third-order valence-corrected chi connectivity index (χ3v) is 4.04. The largest absolute Gasteiger partial charge is 0.356 e. The molecule has 15 heavy (non-hydrogen) atoms. The van der Waals surface area contributed by atoms with Gasteiger partial charge in [0.25, 0.3) is 0 Å². The lowest BCUT2D eigenvalue weighted by Gasteiger charge is -2.37. The minimum atomic E-state index is 0.278. The van der Waals surface area contributed by atoms with Gasteiger partial charge in [-0.25, -0.2) is 0 Å². The fourth-order valence-corrected chi connectivity index (χ4v) is 3.52. The second-order valence-corrected chi connectivity index (χ2v) is 6.05. The molecule has 0 aromatic rings.